The molecule has 0 radical (unpaired) electrons. The molecule has 342 valence electrons. The predicted octanol–water partition coefficient (Wildman–Crippen LogP) is 16.8. The van der Waals surface area contributed by atoms with Crippen LogP contribution in [-0.2, 0) is 19.1 Å². The Morgan fingerprint density at radius 3 is 1.14 bits per heavy atom. The summed E-state index contributed by atoms with van der Waals surface area (Å²) in [5.74, 6) is -0.327. The van der Waals surface area contributed by atoms with E-state index < -0.39 is 0 Å². The Hall–Kier alpha value is -1.62. The smallest absolute Gasteiger partial charge is 0.305 e. The lowest BCUT2D eigenvalue weighted by atomic mass is 9.76. The van der Waals surface area contributed by atoms with Gasteiger partial charge in [0, 0.05) is 18.3 Å². The maximum absolute atomic E-state index is 11.9. The van der Waals surface area contributed by atoms with E-state index in [9.17, 15) is 14.7 Å². The van der Waals surface area contributed by atoms with Crippen molar-refractivity contribution < 1.29 is 24.2 Å². The van der Waals surface area contributed by atoms with E-state index in [1.807, 2.05) is 0 Å². The van der Waals surface area contributed by atoms with Gasteiger partial charge in [-0.1, -0.05) is 251 Å². The minimum atomic E-state index is -0.164. The van der Waals surface area contributed by atoms with Gasteiger partial charge in [-0.15, -0.1) is 0 Å². The van der Waals surface area contributed by atoms with Crippen LogP contribution in [0.1, 0.15) is 278 Å². The van der Waals surface area contributed by atoms with Crippen molar-refractivity contribution in [1.82, 2.24) is 0 Å². The summed E-state index contributed by atoms with van der Waals surface area (Å²) < 4.78 is 10.5. The van der Waals surface area contributed by atoms with Gasteiger partial charge in [-0.2, -0.15) is 0 Å². The number of unbranched alkanes of at least 4 members (excludes halogenated alkanes) is 30. The van der Waals surface area contributed by atoms with Gasteiger partial charge in [0.1, 0.15) is 13.2 Å². The Bertz CT molecular complexity index is 893. The third-order valence-corrected chi connectivity index (χ3v) is 12.1. The summed E-state index contributed by atoms with van der Waals surface area (Å²) in [6.07, 6.45) is 55.6. The van der Waals surface area contributed by atoms with E-state index in [0.29, 0.717) is 19.4 Å². The zero-order valence-corrected chi connectivity index (χ0v) is 39.5. The van der Waals surface area contributed by atoms with Crippen LogP contribution >= 0.6 is 0 Å². The predicted molar refractivity (Wildman–Crippen MR) is 251 cm³/mol. The first-order valence-electron chi connectivity index (χ1n) is 25.8. The Morgan fingerprint density at radius 1 is 0.483 bits per heavy atom. The summed E-state index contributed by atoms with van der Waals surface area (Å²) in [6.45, 7) is 9.66. The molecule has 0 aromatic heterocycles. The number of allylic oxidation sites excluding steroid dienone is 3. The van der Waals surface area contributed by atoms with Crippen molar-refractivity contribution in [3.63, 3.8) is 0 Å². The van der Waals surface area contributed by atoms with Crippen molar-refractivity contribution in [2.75, 3.05) is 19.8 Å². The molecule has 0 bridgehead atoms. The lowest BCUT2D eigenvalue weighted by molar-refractivity contribution is -0.152. The van der Waals surface area contributed by atoms with Crippen LogP contribution in [0.15, 0.2) is 23.8 Å². The van der Waals surface area contributed by atoms with Crippen molar-refractivity contribution in [2.24, 2.45) is 5.41 Å². The highest BCUT2D eigenvalue weighted by molar-refractivity contribution is 5.70. The standard InChI is InChI=1S/C38H74O4.C15H26O/c1-3-5-7-9-11-13-15-17-19-21-23-25-27-29-31-33-37(39)41-35-36-42-38(40)34-32-30-28-26-24-22-20-18-16-14-12-10-8-6-4-2;1-3-5-8-14-9-7-11-15(12-14,13-16)10-6-4-2/h3-36H2,1-2H3;7,9,12,16H,3-6,8,10-11,13H2,1-2H3. The van der Waals surface area contributed by atoms with E-state index >= 15 is 0 Å². The number of rotatable bonds is 42. The zero-order valence-electron chi connectivity index (χ0n) is 39.5. The highest BCUT2D eigenvalue weighted by atomic mass is 16.6. The van der Waals surface area contributed by atoms with Crippen molar-refractivity contribution in [3.8, 4) is 0 Å². The molecule has 0 saturated carbocycles. The third-order valence-electron chi connectivity index (χ3n) is 12.1. The average Bonchev–Trinajstić information content (AvgIpc) is 3.24. The Morgan fingerprint density at radius 2 is 0.810 bits per heavy atom. The molecule has 1 aliphatic carbocycles. The molecule has 0 heterocycles. The van der Waals surface area contributed by atoms with Gasteiger partial charge in [0.15, 0.2) is 0 Å². The maximum atomic E-state index is 11.9. The first-order chi connectivity index (χ1) is 28.5. The third kappa shape index (κ3) is 38.6. The Balaban J connectivity index is 0.00000168. The molecule has 0 aromatic rings. The molecule has 5 nitrogen and oxygen atoms in total. The molecule has 0 aliphatic heterocycles. The number of esters is 2. The van der Waals surface area contributed by atoms with E-state index in [-0.39, 0.29) is 30.6 Å². The van der Waals surface area contributed by atoms with E-state index in [0.717, 1.165) is 38.5 Å². The number of ether oxygens (including phenoxy) is 2. The molecule has 1 unspecified atom stereocenters. The van der Waals surface area contributed by atoms with Gasteiger partial charge < -0.3 is 14.6 Å². The quantitative estimate of drug-likeness (QED) is 0.0491. The molecular weight excluding hydrogens is 717 g/mol. The topological polar surface area (TPSA) is 72.8 Å². The van der Waals surface area contributed by atoms with Crippen molar-refractivity contribution in [1.29, 1.82) is 0 Å². The molecule has 5 heteroatoms. The van der Waals surface area contributed by atoms with Crippen molar-refractivity contribution in [3.05, 3.63) is 23.8 Å². The Kier molecular flexibility index (Phi) is 43.7. The van der Waals surface area contributed by atoms with Gasteiger partial charge in [0.2, 0.25) is 0 Å². The zero-order chi connectivity index (χ0) is 42.5. The van der Waals surface area contributed by atoms with Crippen molar-refractivity contribution >= 4 is 11.9 Å². The first kappa shape index (κ1) is 56.4. The number of hydrogen-bond acceptors (Lipinski definition) is 5. The molecule has 1 N–H and O–H groups in total. The van der Waals surface area contributed by atoms with Crippen LogP contribution in [0, 0.1) is 5.41 Å². The van der Waals surface area contributed by atoms with Crippen LogP contribution in [0.2, 0.25) is 0 Å². The van der Waals surface area contributed by atoms with Gasteiger partial charge in [0.25, 0.3) is 0 Å². The van der Waals surface area contributed by atoms with Crippen LogP contribution in [0.5, 0.6) is 0 Å². The fraction of sp³-hybridized carbons (Fsp3) is 0.887. The second-order valence-electron chi connectivity index (χ2n) is 17.9. The van der Waals surface area contributed by atoms with Crippen LogP contribution in [0.3, 0.4) is 0 Å². The van der Waals surface area contributed by atoms with E-state index in [1.54, 1.807) is 0 Å². The van der Waals surface area contributed by atoms with E-state index in [1.165, 1.54) is 205 Å². The summed E-state index contributed by atoms with van der Waals surface area (Å²) in [6, 6.07) is 0. The average molecular weight is 817 g/mol. The number of carbonyl (C=O) groups excluding carboxylic acids is 2. The molecular formula is C53H100O5. The van der Waals surface area contributed by atoms with Gasteiger partial charge >= 0.3 is 11.9 Å². The molecule has 1 rings (SSSR count). The fourth-order valence-corrected chi connectivity index (χ4v) is 8.11. The molecule has 1 aliphatic rings. The molecule has 0 aromatic carbocycles. The largest absolute Gasteiger partial charge is 0.462 e. The molecule has 0 spiro atoms. The normalized spacial score (nSPS) is 14.9. The lowest BCUT2D eigenvalue weighted by Gasteiger charge is -2.31. The molecule has 0 saturated heterocycles. The van der Waals surface area contributed by atoms with Gasteiger partial charge in [-0.3, -0.25) is 9.59 Å². The number of aliphatic hydroxyl groups excluding tert-OH is 1. The highest BCUT2D eigenvalue weighted by Gasteiger charge is 2.27. The first-order valence-corrected chi connectivity index (χ1v) is 25.8. The highest BCUT2D eigenvalue weighted by Crippen LogP contribution is 2.36. The number of hydrogen-bond donors (Lipinski definition) is 1. The summed E-state index contributed by atoms with van der Waals surface area (Å²) in [5, 5.41) is 9.63. The molecule has 0 amide bonds. The lowest BCUT2D eigenvalue weighted by Crippen LogP contribution is -2.24. The van der Waals surface area contributed by atoms with Crippen LogP contribution in [0.25, 0.3) is 0 Å². The Labute approximate surface area is 362 Å². The summed E-state index contributed by atoms with van der Waals surface area (Å²) in [4.78, 5) is 23.8. The minimum Gasteiger partial charge on any atom is -0.462 e. The van der Waals surface area contributed by atoms with E-state index in [2.05, 4.69) is 45.9 Å². The second kappa shape index (κ2) is 44.9. The van der Waals surface area contributed by atoms with Gasteiger partial charge in [-0.05, 0) is 38.5 Å². The summed E-state index contributed by atoms with van der Waals surface area (Å²) >= 11 is 0. The summed E-state index contributed by atoms with van der Waals surface area (Å²) in [5.41, 5.74) is 1.48. The number of carbonyl (C=O) groups is 2. The maximum Gasteiger partial charge on any atom is 0.305 e. The SMILES string of the molecule is CCCCC1=CC(CO)(CCCC)CC=C1.CCCCCCCCCCCCCCCCCC(=O)OCCOC(=O)CCCCCCCCCCCCCCCCC. The van der Waals surface area contributed by atoms with Crippen molar-refractivity contribution in [2.45, 2.75) is 278 Å². The fourth-order valence-electron chi connectivity index (χ4n) is 8.11. The molecule has 58 heavy (non-hydrogen) atoms. The second-order valence-corrected chi connectivity index (χ2v) is 17.9. The van der Waals surface area contributed by atoms with Gasteiger partial charge in [-0.25, -0.2) is 0 Å². The number of aliphatic hydroxyl groups is 1. The van der Waals surface area contributed by atoms with Crippen LogP contribution in [0.4, 0.5) is 0 Å². The minimum absolute atomic E-state index is 0.0494. The molecule has 1 atom stereocenters. The van der Waals surface area contributed by atoms with Crippen LogP contribution < -0.4 is 0 Å². The summed E-state index contributed by atoms with van der Waals surface area (Å²) in [7, 11) is 0. The van der Waals surface area contributed by atoms with E-state index in [4.69, 9.17) is 9.47 Å². The van der Waals surface area contributed by atoms with Crippen LogP contribution in [-0.4, -0.2) is 36.9 Å². The molecule has 0 fully saturated rings. The van der Waals surface area contributed by atoms with Gasteiger partial charge in [0.05, 0.1) is 6.61 Å². The monoisotopic (exact) mass is 817 g/mol.